The maximum atomic E-state index is 12.3. The Morgan fingerprint density at radius 1 is 0.382 bits per heavy atom. The Hall–Kier alpha value is -1.49. The van der Waals surface area contributed by atoms with Gasteiger partial charge in [-0.2, -0.15) is 0 Å². The summed E-state index contributed by atoms with van der Waals surface area (Å²) in [6, 6.07) is 0. The van der Waals surface area contributed by atoms with Crippen molar-refractivity contribution in [3.8, 4) is 0 Å². The molecule has 0 aromatic carbocycles. The second kappa shape index (κ2) is 49.1. The van der Waals surface area contributed by atoms with Gasteiger partial charge in [0, 0.05) is 39.1 Å². The summed E-state index contributed by atoms with van der Waals surface area (Å²) in [5.41, 5.74) is 0. The van der Waals surface area contributed by atoms with E-state index in [9.17, 15) is 45.6 Å². The number of carbonyl (C=O) groups is 1. The van der Waals surface area contributed by atoms with Crippen LogP contribution in [0.15, 0.2) is 0 Å². The fourth-order valence-electron chi connectivity index (χ4n) is 5.43. The number of hydrogen-bond donors (Lipinski definition) is 12. The van der Waals surface area contributed by atoms with Crippen LogP contribution < -0.4 is 10.6 Å². The molecule has 1 amide bonds. The Morgan fingerprint density at radius 2 is 0.632 bits per heavy atom. The molecule has 408 valence electrons. The van der Waals surface area contributed by atoms with Gasteiger partial charge >= 0.3 is 0 Å². The quantitative estimate of drug-likeness (QED) is 0.0252. The largest absolute Gasteiger partial charge is 0.394 e. The molecule has 0 aromatic rings. The van der Waals surface area contributed by atoms with Gasteiger partial charge in [-0.1, -0.05) is 0 Å². The highest BCUT2D eigenvalue weighted by Gasteiger charge is 2.34. The van der Waals surface area contributed by atoms with Crippen molar-refractivity contribution >= 4 is 5.91 Å². The normalized spacial score (nSPS) is 15.6. The monoisotopic (exact) mass is 1000 g/mol. The van der Waals surface area contributed by atoms with Gasteiger partial charge in [-0.3, -0.25) is 9.69 Å². The van der Waals surface area contributed by atoms with Gasteiger partial charge in [0.05, 0.1) is 184 Å². The van der Waals surface area contributed by atoms with Crippen molar-refractivity contribution in [2.24, 2.45) is 0 Å². The lowest BCUT2D eigenvalue weighted by Crippen LogP contribution is -2.54. The number of likely N-dealkylation sites (N-methyl/N-ethyl adjacent to an activating group) is 1. The third-order valence-corrected chi connectivity index (χ3v) is 9.35. The number of rotatable bonds is 54. The molecule has 0 spiro atoms. The highest BCUT2D eigenvalue weighted by molar-refractivity contribution is 5.75. The topological polar surface area (TPSA) is 357 Å². The number of aliphatic hydroxyl groups excluding tert-OH is 10. The molecule has 12 N–H and O–H groups in total. The molecule has 26 nitrogen and oxygen atoms in total. The van der Waals surface area contributed by atoms with E-state index >= 15 is 0 Å². The zero-order chi connectivity index (χ0) is 50.3. The van der Waals surface area contributed by atoms with E-state index in [-0.39, 0.29) is 39.3 Å². The first-order valence-electron chi connectivity index (χ1n) is 23.2. The lowest BCUT2D eigenvalue weighted by molar-refractivity contribution is -0.130. The third kappa shape index (κ3) is 40.1. The lowest BCUT2D eigenvalue weighted by Gasteiger charge is -2.33. The highest BCUT2D eigenvalue weighted by Crippen LogP contribution is 2.11. The minimum atomic E-state index is -1.92. The summed E-state index contributed by atoms with van der Waals surface area (Å²) >= 11 is 0. The van der Waals surface area contributed by atoms with Crippen LogP contribution in [0.25, 0.3) is 0 Å². The van der Waals surface area contributed by atoms with E-state index in [0.29, 0.717) is 139 Å². The summed E-state index contributed by atoms with van der Waals surface area (Å²) in [4.78, 5) is 13.6. The van der Waals surface area contributed by atoms with Crippen LogP contribution in [0.4, 0.5) is 0 Å². The van der Waals surface area contributed by atoms with Crippen molar-refractivity contribution in [1.82, 2.24) is 15.5 Å². The first-order chi connectivity index (χ1) is 33.0. The van der Waals surface area contributed by atoms with E-state index in [4.69, 9.17) is 67.1 Å². The average Bonchev–Trinajstić information content (AvgIpc) is 3.34. The number of hydrogen-bond acceptors (Lipinski definition) is 25. The summed E-state index contributed by atoms with van der Waals surface area (Å²) in [7, 11) is 1.88. The second-order valence-electron chi connectivity index (χ2n) is 14.9. The van der Waals surface area contributed by atoms with Crippen molar-refractivity contribution in [3.05, 3.63) is 0 Å². The molecule has 26 heteroatoms. The molecule has 0 bridgehead atoms. The fraction of sp³-hybridized carbons (Fsp3) is 0.976. The summed E-state index contributed by atoms with van der Waals surface area (Å²) < 4.78 is 65.4. The van der Waals surface area contributed by atoms with Crippen LogP contribution in [-0.2, 0) is 61.6 Å². The fourth-order valence-corrected chi connectivity index (χ4v) is 5.43. The lowest BCUT2D eigenvalue weighted by atomic mass is 10.0. The van der Waals surface area contributed by atoms with Gasteiger partial charge in [0.2, 0.25) is 5.91 Å². The number of nitrogens with zero attached hydrogens (tertiary/aromatic N) is 1. The van der Waals surface area contributed by atoms with Gasteiger partial charge in [-0.25, -0.2) is 0 Å². The van der Waals surface area contributed by atoms with Crippen LogP contribution in [0.2, 0.25) is 0 Å². The Kier molecular flexibility index (Phi) is 48.0. The molecule has 0 unspecified atom stereocenters. The van der Waals surface area contributed by atoms with Gasteiger partial charge in [0.15, 0.2) is 0 Å². The van der Waals surface area contributed by atoms with E-state index in [1.807, 2.05) is 7.05 Å². The smallest absolute Gasteiger partial charge is 0.222 e. The first kappa shape index (κ1) is 66.5. The number of nitrogens with one attached hydrogen (secondary N) is 2. The van der Waals surface area contributed by atoms with E-state index < -0.39 is 81.0 Å². The van der Waals surface area contributed by atoms with E-state index in [2.05, 4.69) is 10.6 Å². The van der Waals surface area contributed by atoms with Gasteiger partial charge in [-0.15, -0.1) is 0 Å². The van der Waals surface area contributed by atoms with Crippen molar-refractivity contribution in [1.29, 1.82) is 0 Å². The number of amides is 1. The number of ether oxygens (including phenoxy) is 12. The van der Waals surface area contributed by atoms with Crippen molar-refractivity contribution in [2.75, 3.05) is 212 Å². The molecule has 0 saturated heterocycles. The van der Waals surface area contributed by atoms with Crippen molar-refractivity contribution in [2.45, 2.75) is 55.3 Å². The Balaban J connectivity index is 3.70. The SMILES string of the molecule is CNCCOCCOCCOCCOCCOCCOCCOCCOCCOCCOCCOCCOCCC(=O)NCCN(C[C@H](O)[C@@H](O)[C@H](O)[C@H](O)CO)C[C@H](O)[C@@H](O)[C@H](O)[C@H](O)CO. The molecule has 0 aliphatic heterocycles. The molecule has 0 aromatic heterocycles. The standard InChI is InChI=1S/C42H87N3O23/c1-43-4-7-58-9-11-60-13-15-62-17-19-64-21-23-66-25-27-68-29-28-67-26-24-65-22-20-63-18-16-61-14-12-59-10-8-57-6-2-38(52)44-3-5-45(30-34(48)39(53)41(55)36(50)32-46)31-35(49)40(54)42(56)37(51)33-47/h34-37,39-43,46-51,53-56H,2-33H2,1H3,(H,44,52)/t34-,35-,36+,37+,39+,40+,41+,42+/m0/s1. The molecule has 0 aliphatic rings. The molecule has 8 atom stereocenters. The van der Waals surface area contributed by atoms with Crippen molar-refractivity contribution in [3.63, 3.8) is 0 Å². The molecule has 0 rings (SSSR count). The number of aliphatic hydroxyl groups is 10. The summed E-state index contributed by atoms with van der Waals surface area (Å²) in [5.74, 6) is -0.393. The summed E-state index contributed by atoms with van der Waals surface area (Å²) in [6.45, 7) is 8.45. The molecular weight excluding hydrogens is 914 g/mol. The first-order valence-corrected chi connectivity index (χ1v) is 23.2. The number of carbonyl (C=O) groups excluding carboxylic acids is 1. The zero-order valence-electron chi connectivity index (χ0n) is 40.0. The Labute approximate surface area is 400 Å². The molecule has 0 aliphatic carbocycles. The summed E-state index contributed by atoms with van der Waals surface area (Å²) in [6.07, 6.45) is -14.6. The molecule has 0 fully saturated rings. The maximum Gasteiger partial charge on any atom is 0.222 e. The van der Waals surface area contributed by atoms with E-state index in [0.717, 1.165) is 6.54 Å². The van der Waals surface area contributed by atoms with Crippen LogP contribution in [0, 0.1) is 0 Å². The van der Waals surface area contributed by atoms with Gasteiger partial charge in [-0.05, 0) is 7.05 Å². The van der Waals surface area contributed by atoms with Crippen LogP contribution >= 0.6 is 0 Å². The molecule has 0 radical (unpaired) electrons. The van der Waals surface area contributed by atoms with Gasteiger partial charge in [0.1, 0.15) is 36.6 Å². The Bertz CT molecular complexity index is 1040. The predicted molar refractivity (Wildman–Crippen MR) is 240 cm³/mol. The third-order valence-electron chi connectivity index (χ3n) is 9.35. The van der Waals surface area contributed by atoms with Crippen LogP contribution in [-0.4, -0.2) is 322 Å². The maximum absolute atomic E-state index is 12.3. The predicted octanol–water partition coefficient (Wildman–Crippen LogP) is -6.91. The van der Waals surface area contributed by atoms with Crippen LogP contribution in [0.5, 0.6) is 0 Å². The molecular formula is C42H87N3O23. The second-order valence-corrected chi connectivity index (χ2v) is 14.9. The molecule has 68 heavy (non-hydrogen) atoms. The molecule has 0 heterocycles. The average molecular weight is 1000 g/mol. The van der Waals surface area contributed by atoms with Crippen molar-refractivity contribution < 1.29 is 113 Å². The zero-order valence-corrected chi connectivity index (χ0v) is 40.0. The minimum absolute atomic E-state index is 0.00235. The van der Waals surface area contributed by atoms with Crippen LogP contribution in [0.3, 0.4) is 0 Å². The molecule has 0 saturated carbocycles. The van der Waals surface area contributed by atoms with Crippen LogP contribution in [0.1, 0.15) is 6.42 Å². The summed E-state index contributed by atoms with van der Waals surface area (Å²) in [5, 5.41) is 104. The highest BCUT2D eigenvalue weighted by atomic mass is 16.6. The van der Waals surface area contributed by atoms with E-state index in [1.165, 1.54) is 4.90 Å². The van der Waals surface area contributed by atoms with E-state index in [1.54, 1.807) is 0 Å². The Morgan fingerprint density at radius 3 is 0.897 bits per heavy atom. The van der Waals surface area contributed by atoms with Gasteiger partial charge in [0.25, 0.3) is 0 Å². The van der Waals surface area contributed by atoms with Gasteiger partial charge < -0.3 is 119 Å². The minimum Gasteiger partial charge on any atom is -0.394 e.